The maximum atomic E-state index is 10.8. The standard InChI is InChI=1S/C21H42O5/c1-3-5-6-7-8-9-10-11-12-14-24-16-18-26-19-17-25-15-13-20(4-2)21(22)23/h20H,3-19H2,1-2H3,(H,22,23). The molecule has 1 atom stereocenters. The molecule has 0 bridgehead atoms. The summed E-state index contributed by atoms with van der Waals surface area (Å²) in [4.78, 5) is 10.8. The molecule has 0 aromatic rings. The third-order valence-electron chi connectivity index (χ3n) is 4.59. The second kappa shape index (κ2) is 20.7. The number of aliphatic carboxylic acids is 1. The Morgan fingerprint density at radius 3 is 1.65 bits per heavy atom. The maximum Gasteiger partial charge on any atom is 0.306 e. The second-order valence-electron chi connectivity index (χ2n) is 6.90. The SMILES string of the molecule is CCCCCCCCCCCOCCOCCOCCC(CC)C(=O)O. The van der Waals surface area contributed by atoms with Crippen LogP contribution in [-0.4, -0.2) is 50.7 Å². The third-order valence-corrected chi connectivity index (χ3v) is 4.59. The zero-order valence-corrected chi connectivity index (χ0v) is 17.2. The molecule has 0 aromatic carbocycles. The van der Waals surface area contributed by atoms with E-state index in [1.807, 2.05) is 6.92 Å². The zero-order valence-electron chi connectivity index (χ0n) is 17.2. The highest BCUT2D eigenvalue weighted by atomic mass is 16.5. The molecule has 0 aliphatic heterocycles. The summed E-state index contributed by atoms with van der Waals surface area (Å²) in [5.74, 6) is -1.04. The Labute approximate surface area is 160 Å². The predicted molar refractivity (Wildman–Crippen MR) is 106 cm³/mol. The molecule has 0 saturated heterocycles. The largest absolute Gasteiger partial charge is 0.481 e. The first-order valence-corrected chi connectivity index (χ1v) is 10.7. The van der Waals surface area contributed by atoms with Gasteiger partial charge in [-0.2, -0.15) is 0 Å². The summed E-state index contributed by atoms with van der Waals surface area (Å²) in [6, 6.07) is 0. The minimum Gasteiger partial charge on any atom is -0.481 e. The van der Waals surface area contributed by atoms with E-state index < -0.39 is 5.97 Å². The molecular weight excluding hydrogens is 332 g/mol. The average molecular weight is 375 g/mol. The van der Waals surface area contributed by atoms with Gasteiger partial charge in [0.1, 0.15) is 0 Å². The highest BCUT2D eigenvalue weighted by molar-refractivity contribution is 5.69. The van der Waals surface area contributed by atoms with Crippen molar-refractivity contribution in [1.29, 1.82) is 0 Å². The van der Waals surface area contributed by atoms with Crippen LogP contribution < -0.4 is 0 Å². The van der Waals surface area contributed by atoms with Gasteiger partial charge in [-0.1, -0.05) is 65.2 Å². The first-order chi connectivity index (χ1) is 12.7. The molecule has 0 aliphatic carbocycles. The molecule has 1 unspecified atom stereocenters. The summed E-state index contributed by atoms with van der Waals surface area (Å²) >= 11 is 0. The van der Waals surface area contributed by atoms with Gasteiger partial charge in [0.2, 0.25) is 0 Å². The van der Waals surface area contributed by atoms with E-state index in [2.05, 4.69) is 6.92 Å². The minimum atomic E-state index is -0.739. The van der Waals surface area contributed by atoms with E-state index in [0.717, 1.165) is 13.0 Å². The van der Waals surface area contributed by atoms with Crippen molar-refractivity contribution in [2.24, 2.45) is 5.92 Å². The molecule has 0 aromatic heterocycles. The van der Waals surface area contributed by atoms with E-state index in [1.54, 1.807) is 0 Å². The number of carboxylic acid groups (broad SMARTS) is 1. The van der Waals surface area contributed by atoms with Crippen molar-refractivity contribution in [3.63, 3.8) is 0 Å². The molecule has 5 nitrogen and oxygen atoms in total. The van der Waals surface area contributed by atoms with Gasteiger partial charge in [-0.3, -0.25) is 4.79 Å². The molecular formula is C21H42O5. The topological polar surface area (TPSA) is 65.0 Å². The molecule has 0 aliphatic rings. The van der Waals surface area contributed by atoms with E-state index in [1.165, 1.54) is 51.4 Å². The summed E-state index contributed by atoms with van der Waals surface area (Å²) in [7, 11) is 0. The fourth-order valence-corrected chi connectivity index (χ4v) is 2.78. The summed E-state index contributed by atoms with van der Waals surface area (Å²) in [5, 5.41) is 8.92. The van der Waals surface area contributed by atoms with Gasteiger partial charge in [-0.25, -0.2) is 0 Å². The number of carbonyl (C=O) groups is 1. The Bertz CT molecular complexity index is 296. The van der Waals surface area contributed by atoms with Crippen molar-refractivity contribution >= 4 is 5.97 Å². The van der Waals surface area contributed by atoms with E-state index >= 15 is 0 Å². The number of hydrogen-bond donors (Lipinski definition) is 1. The van der Waals surface area contributed by atoms with Gasteiger partial charge < -0.3 is 19.3 Å². The molecule has 1 N–H and O–H groups in total. The summed E-state index contributed by atoms with van der Waals surface area (Å²) < 4.78 is 16.4. The molecule has 0 spiro atoms. The molecule has 0 amide bonds. The molecule has 0 fully saturated rings. The molecule has 0 radical (unpaired) electrons. The van der Waals surface area contributed by atoms with Crippen molar-refractivity contribution in [2.75, 3.05) is 39.6 Å². The number of carboxylic acids is 1. The maximum absolute atomic E-state index is 10.8. The Hall–Kier alpha value is -0.650. The lowest BCUT2D eigenvalue weighted by atomic mass is 10.0. The fraction of sp³-hybridized carbons (Fsp3) is 0.952. The van der Waals surface area contributed by atoms with Crippen LogP contribution in [0.4, 0.5) is 0 Å². The van der Waals surface area contributed by atoms with Crippen molar-refractivity contribution < 1.29 is 24.1 Å². The predicted octanol–water partition coefficient (Wildman–Crippen LogP) is 5.07. The Morgan fingerprint density at radius 1 is 0.692 bits per heavy atom. The van der Waals surface area contributed by atoms with Crippen molar-refractivity contribution in [3.05, 3.63) is 0 Å². The van der Waals surface area contributed by atoms with Crippen LogP contribution in [0.5, 0.6) is 0 Å². The molecule has 0 heterocycles. The lowest BCUT2D eigenvalue weighted by molar-refractivity contribution is -0.142. The highest BCUT2D eigenvalue weighted by Gasteiger charge is 2.13. The van der Waals surface area contributed by atoms with Crippen LogP contribution in [0.25, 0.3) is 0 Å². The van der Waals surface area contributed by atoms with Crippen molar-refractivity contribution in [2.45, 2.75) is 84.5 Å². The first kappa shape index (κ1) is 25.4. The van der Waals surface area contributed by atoms with Crippen LogP contribution in [0.3, 0.4) is 0 Å². The summed E-state index contributed by atoms with van der Waals surface area (Å²) in [5.41, 5.74) is 0. The normalized spacial score (nSPS) is 12.4. The number of unbranched alkanes of at least 4 members (excludes halogenated alkanes) is 8. The van der Waals surface area contributed by atoms with Gasteiger partial charge in [-0.05, 0) is 19.3 Å². The lowest BCUT2D eigenvalue weighted by Crippen LogP contribution is -2.16. The van der Waals surface area contributed by atoms with Crippen molar-refractivity contribution in [1.82, 2.24) is 0 Å². The van der Waals surface area contributed by atoms with E-state index in [4.69, 9.17) is 19.3 Å². The fourth-order valence-electron chi connectivity index (χ4n) is 2.78. The van der Waals surface area contributed by atoms with Crippen LogP contribution in [0.2, 0.25) is 0 Å². The number of ether oxygens (including phenoxy) is 3. The van der Waals surface area contributed by atoms with E-state index in [0.29, 0.717) is 45.9 Å². The zero-order chi connectivity index (χ0) is 19.3. The van der Waals surface area contributed by atoms with Crippen LogP contribution >= 0.6 is 0 Å². The minimum absolute atomic E-state index is 0.301. The number of rotatable bonds is 21. The van der Waals surface area contributed by atoms with Gasteiger partial charge in [0.25, 0.3) is 0 Å². The monoisotopic (exact) mass is 374 g/mol. The molecule has 156 valence electrons. The molecule has 26 heavy (non-hydrogen) atoms. The van der Waals surface area contributed by atoms with Crippen LogP contribution in [0.1, 0.15) is 84.5 Å². The van der Waals surface area contributed by atoms with E-state index in [-0.39, 0.29) is 5.92 Å². The Kier molecular flexibility index (Phi) is 20.1. The van der Waals surface area contributed by atoms with Gasteiger partial charge in [0, 0.05) is 13.2 Å². The van der Waals surface area contributed by atoms with Gasteiger partial charge in [-0.15, -0.1) is 0 Å². The quantitative estimate of drug-likeness (QED) is 0.284. The number of hydrogen-bond acceptors (Lipinski definition) is 4. The van der Waals surface area contributed by atoms with Gasteiger partial charge >= 0.3 is 5.97 Å². The summed E-state index contributed by atoms with van der Waals surface area (Å²) in [6.45, 7) is 7.70. The average Bonchev–Trinajstić information content (AvgIpc) is 2.63. The van der Waals surface area contributed by atoms with Crippen LogP contribution in [0.15, 0.2) is 0 Å². The first-order valence-electron chi connectivity index (χ1n) is 10.7. The molecule has 0 rings (SSSR count). The molecule has 0 saturated carbocycles. The Balaban J connectivity index is 3.10. The Morgan fingerprint density at radius 2 is 1.15 bits per heavy atom. The van der Waals surface area contributed by atoms with Gasteiger partial charge in [0.15, 0.2) is 0 Å². The summed E-state index contributed by atoms with van der Waals surface area (Å²) in [6.07, 6.45) is 13.2. The smallest absolute Gasteiger partial charge is 0.306 e. The highest BCUT2D eigenvalue weighted by Crippen LogP contribution is 2.09. The van der Waals surface area contributed by atoms with Crippen LogP contribution in [-0.2, 0) is 19.0 Å². The van der Waals surface area contributed by atoms with Crippen LogP contribution in [0, 0.1) is 5.92 Å². The third kappa shape index (κ3) is 18.2. The molecule has 5 heteroatoms. The van der Waals surface area contributed by atoms with E-state index in [9.17, 15) is 4.79 Å². The lowest BCUT2D eigenvalue weighted by Gasteiger charge is -2.10. The second-order valence-corrected chi connectivity index (χ2v) is 6.90. The van der Waals surface area contributed by atoms with Gasteiger partial charge in [0.05, 0.1) is 32.3 Å². The van der Waals surface area contributed by atoms with Crippen molar-refractivity contribution in [3.8, 4) is 0 Å².